The second kappa shape index (κ2) is 8.05. The van der Waals surface area contributed by atoms with Crippen molar-refractivity contribution in [3.05, 3.63) is 0 Å². The van der Waals surface area contributed by atoms with Crippen LogP contribution in [-0.4, -0.2) is 41.2 Å². The van der Waals surface area contributed by atoms with E-state index in [9.17, 15) is 23.1 Å². The van der Waals surface area contributed by atoms with E-state index in [0.717, 1.165) is 6.92 Å². The summed E-state index contributed by atoms with van der Waals surface area (Å²) in [6.07, 6.45) is -1.46. The van der Waals surface area contributed by atoms with E-state index in [4.69, 9.17) is 9.47 Å². The van der Waals surface area contributed by atoms with Crippen molar-refractivity contribution in [2.45, 2.75) is 97.1 Å². The zero-order valence-electron chi connectivity index (χ0n) is 16.7. The van der Waals surface area contributed by atoms with E-state index in [1.54, 1.807) is 13.8 Å². The third-order valence-electron chi connectivity index (χ3n) is 5.70. The summed E-state index contributed by atoms with van der Waals surface area (Å²) in [6, 6.07) is 0. The molecule has 1 N–H and O–H groups in total. The van der Waals surface area contributed by atoms with Crippen molar-refractivity contribution >= 4 is 5.97 Å². The van der Waals surface area contributed by atoms with Gasteiger partial charge in [-0.25, -0.2) is 0 Å². The first-order chi connectivity index (χ1) is 11.6. The molecule has 0 spiro atoms. The Kier molecular flexibility index (Phi) is 7.19. The Labute approximate surface area is 154 Å². The molecule has 0 aliphatic heterocycles. The molecular formula is C19H33F3O4. The van der Waals surface area contributed by atoms with Crippen LogP contribution in [0.1, 0.15) is 73.6 Å². The molecule has 0 aromatic heterocycles. The smallest absolute Gasteiger partial charge is 0.419 e. The maximum absolute atomic E-state index is 12.8. The molecule has 1 saturated carbocycles. The van der Waals surface area contributed by atoms with Crippen molar-refractivity contribution in [2.75, 3.05) is 6.61 Å². The summed E-state index contributed by atoms with van der Waals surface area (Å²) in [5, 5.41) is 9.55. The van der Waals surface area contributed by atoms with Gasteiger partial charge >= 0.3 is 12.1 Å². The van der Waals surface area contributed by atoms with Gasteiger partial charge in [-0.3, -0.25) is 4.79 Å². The Morgan fingerprint density at radius 1 is 1.04 bits per heavy atom. The van der Waals surface area contributed by atoms with E-state index in [1.807, 2.05) is 20.8 Å². The lowest BCUT2D eigenvalue weighted by atomic mass is 9.77. The molecule has 1 aliphatic carbocycles. The lowest BCUT2D eigenvalue weighted by molar-refractivity contribution is -0.278. The second-order valence-electron chi connectivity index (χ2n) is 8.78. The third kappa shape index (κ3) is 5.84. The fourth-order valence-electron chi connectivity index (χ4n) is 2.86. The largest absolute Gasteiger partial charge is 0.462 e. The number of halogens is 3. The molecule has 1 unspecified atom stereocenters. The van der Waals surface area contributed by atoms with Gasteiger partial charge in [0.1, 0.15) is 6.10 Å². The van der Waals surface area contributed by atoms with Gasteiger partial charge < -0.3 is 14.6 Å². The Bertz CT molecular complexity index is 476. The number of ether oxygens (including phenoxy) is 2. The van der Waals surface area contributed by atoms with Crippen LogP contribution < -0.4 is 0 Å². The van der Waals surface area contributed by atoms with E-state index in [-0.39, 0.29) is 18.0 Å². The van der Waals surface area contributed by atoms with E-state index in [0.29, 0.717) is 32.1 Å². The van der Waals surface area contributed by atoms with Gasteiger partial charge in [-0.2, -0.15) is 13.2 Å². The Hall–Kier alpha value is -0.820. The van der Waals surface area contributed by atoms with Crippen LogP contribution in [0, 0.1) is 11.3 Å². The highest BCUT2D eigenvalue weighted by atomic mass is 19.4. The summed E-state index contributed by atoms with van der Waals surface area (Å²) >= 11 is 0. The van der Waals surface area contributed by atoms with Gasteiger partial charge in [-0.05, 0) is 72.6 Å². The molecule has 1 aliphatic rings. The van der Waals surface area contributed by atoms with Crippen LogP contribution in [0.3, 0.4) is 0 Å². The molecule has 154 valence electrons. The van der Waals surface area contributed by atoms with Crippen molar-refractivity contribution in [1.82, 2.24) is 0 Å². The summed E-state index contributed by atoms with van der Waals surface area (Å²) in [5.41, 5.74) is -4.18. The second-order valence-corrected chi connectivity index (χ2v) is 8.78. The average molecular weight is 382 g/mol. The standard InChI is InChI=1S/C19H33F3O4/c1-7-16(2,3)15(23)26-14-10-8-13(9-11-14)17(4,5)25-12-18(6,24)19(20,21)22/h13-14,24H,7-12H2,1-6H3. The molecule has 1 fully saturated rings. The maximum Gasteiger partial charge on any atom is 0.419 e. The topological polar surface area (TPSA) is 55.8 Å². The number of aliphatic hydroxyl groups is 1. The third-order valence-corrected chi connectivity index (χ3v) is 5.70. The van der Waals surface area contributed by atoms with Gasteiger partial charge in [0.2, 0.25) is 0 Å². The first kappa shape index (κ1) is 23.2. The number of carbonyl (C=O) groups excluding carboxylic acids is 1. The monoisotopic (exact) mass is 382 g/mol. The minimum absolute atomic E-state index is 0.0423. The van der Waals surface area contributed by atoms with Crippen molar-refractivity contribution in [3.8, 4) is 0 Å². The zero-order valence-corrected chi connectivity index (χ0v) is 16.7. The normalized spacial score (nSPS) is 24.8. The average Bonchev–Trinajstić information content (AvgIpc) is 2.52. The minimum Gasteiger partial charge on any atom is -0.462 e. The van der Waals surface area contributed by atoms with Gasteiger partial charge in [0, 0.05) is 0 Å². The highest BCUT2D eigenvalue weighted by Crippen LogP contribution is 2.38. The van der Waals surface area contributed by atoms with Crippen LogP contribution in [-0.2, 0) is 14.3 Å². The number of carbonyl (C=O) groups is 1. The molecule has 0 aromatic carbocycles. The summed E-state index contributed by atoms with van der Waals surface area (Å²) in [5.74, 6) is -0.166. The molecule has 0 amide bonds. The fraction of sp³-hybridized carbons (Fsp3) is 0.947. The highest BCUT2D eigenvalue weighted by Gasteiger charge is 2.51. The lowest BCUT2D eigenvalue weighted by Gasteiger charge is -2.41. The van der Waals surface area contributed by atoms with Crippen molar-refractivity contribution < 1.29 is 32.5 Å². The number of esters is 1. The summed E-state index contributed by atoms with van der Waals surface area (Å²) < 4.78 is 49.4. The van der Waals surface area contributed by atoms with Gasteiger partial charge in [-0.1, -0.05) is 6.92 Å². The van der Waals surface area contributed by atoms with Gasteiger partial charge in [0.25, 0.3) is 0 Å². The highest BCUT2D eigenvalue weighted by molar-refractivity contribution is 5.75. The van der Waals surface area contributed by atoms with Crippen LogP contribution in [0.2, 0.25) is 0 Å². The Morgan fingerprint density at radius 2 is 1.54 bits per heavy atom. The Morgan fingerprint density at radius 3 is 1.96 bits per heavy atom. The molecule has 26 heavy (non-hydrogen) atoms. The molecular weight excluding hydrogens is 349 g/mol. The van der Waals surface area contributed by atoms with Gasteiger partial charge in [-0.15, -0.1) is 0 Å². The first-order valence-electron chi connectivity index (χ1n) is 9.26. The molecule has 0 radical (unpaired) electrons. The molecule has 4 nitrogen and oxygen atoms in total. The van der Waals surface area contributed by atoms with Crippen molar-refractivity contribution in [2.24, 2.45) is 11.3 Å². The predicted octanol–water partition coefficient (Wildman–Crippen LogP) is 4.63. The Balaban J connectivity index is 2.55. The van der Waals surface area contributed by atoms with Crippen LogP contribution in [0.25, 0.3) is 0 Å². The molecule has 7 heteroatoms. The number of hydrogen-bond acceptors (Lipinski definition) is 4. The lowest BCUT2D eigenvalue weighted by Crippen LogP contribution is -2.50. The molecule has 0 heterocycles. The molecule has 0 bridgehead atoms. The van der Waals surface area contributed by atoms with E-state index in [1.165, 1.54) is 0 Å². The van der Waals surface area contributed by atoms with Crippen molar-refractivity contribution in [1.29, 1.82) is 0 Å². The molecule has 0 saturated heterocycles. The predicted molar refractivity (Wildman–Crippen MR) is 92.6 cm³/mol. The van der Waals surface area contributed by atoms with Crippen molar-refractivity contribution in [3.63, 3.8) is 0 Å². The first-order valence-corrected chi connectivity index (χ1v) is 9.26. The van der Waals surface area contributed by atoms with Crippen LogP contribution in [0.5, 0.6) is 0 Å². The van der Waals surface area contributed by atoms with E-state index >= 15 is 0 Å². The number of hydrogen-bond donors (Lipinski definition) is 1. The molecule has 0 aromatic rings. The summed E-state index contributed by atoms with van der Waals surface area (Å²) in [6.45, 7) is 9.05. The number of rotatable bonds is 7. The quantitative estimate of drug-likeness (QED) is 0.652. The van der Waals surface area contributed by atoms with Gasteiger partial charge in [0.15, 0.2) is 5.60 Å². The summed E-state index contributed by atoms with van der Waals surface area (Å²) in [7, 11) is 0. The van der Waals surface area contributed by atoms with Crippen LogP contribution in [0.4, 0.5) is 13.2 Å². The van der Waals surface area contributed by atoms with Crippen LogP contribution >= 0.6 is 0 Å². The van der Waals surface area contributed by atoms with E-state index < -0.39 is 29.4 Å². The summed E-state index contributed by atoms with van der Waals surface area (Å²) in [4.78, 5) is 12.2. The molecule has 1 atom stereocenters. The fourth-order valence-corrected chi connectivity index (χ4v) is 2.86. The van der Waals surface area contributed by atoms with E-state index in [2.05, 4.69) is 0 Å². The van der Waals surface area contributed by atoms with Crippen LogP contribution in [0.15, 0.2) is 0 Å². The number of alkyl halides is 3. The maximum atomic E-state index is 12.8. The minimum atomic E-state index is -4.74. The van der Waals surface area contributed by atoms with Gasteiger partial charge in [0.05, 0.1) is 17.6 Å². The molecule has 1 rings (SSSR count). The zero-order chi connectivity index (χ0) is 20.4. The SMILES string of the molecule is CCC(C)(C)C(=O)OC1CCC(C(C)(C)OCC(C)(O)C(F)(F)F)CC1.